The van der Waals surface area contributed by atoms with Crippen LogP contribution in [0.25, 0.3) is 0 Å². The Morgan fingerprint density at radius 3 is 2.82 bits per heavy atom. The van der Waals surface area contributed by atoms with Crippen molar-refractivity contribution in [1.82, 2.24) is 0 Å². The molecule has 0 aliphatic heterocycles. The molecule has 17 heavy (non-hydrogen) atoms. The number of aliphatic carboxylic acids is 1. The molecule has 4 heteroatoms. The van der Waals surface area contributed by atoms with E-state index in [0.717, 1.165) is 19.3 Å². The second kappa shape index (κ2) is 5.17. The van der Waals surface area contributed by atoms with Crippen molar-refractivity contribution in [3.8, 4) is 0 Å². The second-order valence-corrected chi connectivity index (χ2v) is 4.52. The molecular weight excluding hydrogens is 221 g/mol. The van der Waals surface area contributed by atoms with Gasteiger partial charge in [0, 0.05) is 6.04 Å². The summed E-state index contributed by atoms with van der Waals surface area (Å²) in [6.45, 7) is 0. The Hall–Kier alpha value is -1.58. The van der Waals surface area contributed by atoms with E-state index in [0.29, 0.717) is 12.1 Å². The van der Waals surface area contributed by atoms with Gasteiger partial charge in [-0.05, 0) is 31.4 Å². The molecule has 2 rings (SSSR count). The largest absolute Gasteiger partial charge is 0.481 e. The number of carbonyl (C=O) groups is 1. The maximum absolute atomic E-state index is 13.4. The third-order valence-corrected chi connectivity index (χ3v) is 3.26. The van der Waals surface area contributed by atoms with Crippen LogP contribution in [0.15, 0.2) is 24.3 Å². The van der Waals surface area contributed by atoms with E-state index in [1.165, 1.54) is 6.07 Å². The van der Waals surface area contributed by atoms with Crippen molar-refractivity contribution in [2.24, 2.45) is 5.92 Å². The molecule has 0 bridgehead atoms. The normalized spacial score (nSPS) is 24.3. The highest BCUT2D eigenvalue weighted by Gasteiger charge is 2.27. The summed E-state index contributed by atoms with van der Waals surface area (Å²) < 4.78 is 13.4. The average Bonchev–Trinajstić information content (AvgIpc) is 2.32. The SMILES string of the molecule is O=C(O)C1CCCC(Nc2ccccc2F)C1. The summed E-state index contributed by atoms with van der Waals surface area (Å²) in [5.41, 5.74) is 0.462. The lowest BCUT2D eigenvalue weighted by atomic mass is 9.85. The first kappa shape index (κ1) is 11.9. The molecule has 2 N–H and O–H groups in total. The molecule has 0 aromatic heterocycles. The van der Waals surface area contributed by atoms with E-state index in [9.17, 15) is 9.18 Å². The van der Waals surface area contributed by atoms with Gasteiger partial charge in [-0.25, -0.2) is 4.39 Å². The van der Waals surface area contributed by atoms with E-state index in [2.05, 4.69) is 5.32 Å². The van der Waals surface area contributed by atoms with E-state index in [1.807, 2.05) is 0 Å². The van der Waals surface area contributed by atoms with Crippen molar-refractivity contribution in [2.75, 3.05) is 5.32 Å². The number of halogens is 1. The molecule has 1 saturated carbocycles. The lowest BCUT2D eigenvalue weighted by Gasteiger charge is -2.28. The van der Waals surface area contributed by atoms with E-state index >= 15 is 0 Å². The van der Waals surface area contributed by atoms with Crippen LogP contribution in [-0.4, -0.2) is 17.1 Å². The summed E-state index contributed by atoms with van der Waals surface area (Å²) in [4.78, 5) is 10.9. The molecule has 3 nitrogen and oxygen atoms in total. The Morgan fingerprint density at radius 1 is 1.35 bits per heavy atom. The molecule has 1 aliphatic carbocycles. The molecular formula is C13H16FNO2. The van der Waals surface area contributed by atoms with Crippen LogP contribution in [0.1, 0.15) is 25.7 Å². The maximum atomic E-state index is 13.4. The molecule has 1 aromatic rings. The molecule has 92 valence electrons. The first-order valence-electron chi connectivity index (χ1n) is 5.90. The van der Waals surface area contributed by atoms with Gasteiger partial charge in [0.15, 0.2) is 0 Å². The fraction of sp³-hybridized carbons (Fsp3) is 0.462. The van der Waals surface area contributed by atoms with Gasteiger partial charge in [0.1, 0.15) is 5.82 Å². The smallest absolute Gasteiger partial charge is 0.306 e. The summed E-state index contributed by atoms with van der Waals surface area (Å²) in [7, 11) is 0. The molecule has 2 atom stereocenters. The van der Waals surface area contributed by atoms with Gasteiger partial charge in [0.25, 0.3) is 0 Å². The zero-order chi connectivity index (χ0) is 12.3. The Labute approximate surface area is 99.7 Å². The first-order chi connectivity index (χ1) is 8.16. The molecule has 0 heterocycles. The molecule has 1 aliphatic rings. The van der Waals surface area contributed by atoms with Crippen LogP contribution in [0.2, 0.25) is 0 Å². The third kappa shape index (κ3) is 2.96. The highest BCUT2D eigenvalue weighted by molar-refractivity contribution is 5.70. The zero-order valence-electron chi connectivity index (χ0n) is 9.53. The number of rotatable bonds is 3. The topological polar surface area (TPSA) is 49.3 Å². The minimum Gasteiger partial charge on any atom is -0.481 e. The van der Waals surface area contributed by atoms with Crippen molar-refractivity contribution in [3.63, 3.8) is 0 Å². The van der Waals surface area contributed by atoms with Crippen LogP contribution < -0.4 is 5.32 Å². The van der Waals surface area contributed by atoms with Gasteiger partial charge < -0.3 is 10.4 Å². The molecule has 1 aromatic carbocycles. The molecule has 1 fully saturated rings. The second-order valence-electron chi connectivity index (χ2n) is 4.52. The quantitative estimate of drug-likeness (QED) is 0.849. The fourth-order valence-electron chi connectivity index (χ4n) is 2.34. The van der Waals surface area contributed by atoms with Crippen LogP contribution in [0.5, 0.6) is 0 Å². The highest BCUT2D eigenvalue weighted by Crippen LogP contribution is 2.27. The van der Waals surface area contributed by atoms with E-state index in [-0.39, 0.29) is 17.8 Å². The standard InChI is InChI=1S/C13H16FNO2/c14-11-6-1-2-7-12(11)15-10-5-3-4-9(8-10)13(16)17/h1-2,6-7,9-10,15H,3-5,8H2,(H,16,17). The summed E-state index contributed by atoms with van der Waals surface area (Å²) in [6, 6.07) is 6.55. The van der Waals surface area contributed by atoms with Crippen LogP contribution in [0, 0.1) is 11.7 Å². The van der Waals surface area contributed by atoms with Gasteiger partial charge in [0.2, 0.25) is 0 Å². The van der Waals surface area contributed by atoms with E-state index in [4.69, 9.17) is 5.11 Å². The highest BCUT2D eigenvalue weighted by atomic mass is 19.1. The summed E-state index contributed by atoms with van der Waals surface area (Å²) in [5.74, 6) is -1.33. The van der Waals surface area contributed by atoms with Gasteiger partial charge in [-0.15, -0.1) is 0 Å². The van der Waals surface area contributed by atoms with Gasteiger partial charge >= 0.3 is 5.97 Å². The molecule has 2 unspecified atom stereocenters. The molecule has 0 amide bonds. The van der Waals surface area contributed by atoms with Crippen LogP contribution in [-0.2, 0) is 4.79 Å². The Morgan fingerprint density at radius 2 is 2.12 bits per heavy atom. The van der Waals surface area contributed by atoms with Crippen LogP contribution in [0.3, 0.4) is 0 Å². The maximum Gasteiger partial charge on any atom is 0.306 e. The predicted octanol–water partition coefficient (Wildman–Crippen LogP) is 2.88. The molecule has 0 spiro atoms. The van der Waals surface area contributed by atoms with Crippen molar-refractivity contribution in [3.05, 3.63) is 30.1 Å². The predicted molar refractivity (Wildman–Crippen MR) is 63.4 cm³/mol. The van der Waals surface area contributed by atoms with E-state index < -0.39 is 5.97 Å². The number of hydrogen-bond donors (Lipinski definition) is 2. The number of carboxylic acid groups (broad SMARTS) is 1. The van der Waals surface area contributed by atoms with E-state index in [1.54, 1.807) is 18.2 Å². The minimum atomic E-state index is -0.745. The zero-order valence-corrected chi connectivity index (χ0v) is 9.53. The van der Waals surface area contributed by atoms with Gasteiger partial charge in [-0.1, -0.05) is 18.6 Å². The number of anilines is 1. The van der Waals surface area contributed by atoms with Crippen molar-refractivity contribution >= 4 is 11.7 Å². The Bertz CT molecular complexity index is 408. The molecule has 0 radical (unpaired) electrons. The van der Waals surface area contributed by atoms with Crippen LogP contribution >= 0.6 is 0 Å². The summed E-state index contributed by atoms with van der Waals surface area (Å²) in [5, 5.41) is 12.1. The minimum absolute atomic E-state index is 0.0572. The van der Waals surface area contributed by atoms with Crippen molar-refractivity contribution in [2.45, 2.75) is 31.7 Å². The van der Waals surface area contributed by atoms with Crippen molar-refractivity contribution in [1.29, 1.82) is 0 Å². The summed E-state index contributed by atoms with van der Waals surface area (Å²) >= 11 is 0. The van der Waals surface area contributed by atoms with Gasteiger partial charge in [-0.2, -0.15) is 0 Å². The number of benzene rings is 1. The average molecular weight is 237 g/mol. The van der Waals surface area contributed by atoms with Gasteiger partial charge in [0.05, 0.1) is 11.6 Å². The summed E-state index contributed by atoms with van der Waals surface area (Å²) in [6.07, 6.45) is 3.08. The van der Waals surface area contributed by atoms with Gasteiger partial charge in [-0.3, -0.25) is 4.79 Å². The van der Waals surface area contributed by atoms with Crippen LogP contribution in [0.4, 0.5) is 10.1 Å². The monoisotopic (exact) mass is 237 g/mol. The Balaban J connectivity index is 1.99. The third-order valence-electron chi connectivity index (χ3n) is 3.26. The van der Waals surface area contributed by atoms with Crippen molar-refractivity contribution < 1.29 is 14.3 Å². The number of para-hydroxylation sites is 1. The lowest BCUT2D eigenvalue weighted by molar-refractivity contribution is -0.142. The number of carboxylic acids is 1. The lowest BCUT2D eigenvalue weighted by Crippen LogP contribution is -2.31. The number of hydrogen-bond acceptors (Lipinski definition) is 2. The Kier molecular flexibility index (Phi) is 3.61. The fourth-order valence-corrected chi connectivity index (χ4v) is 2.34. The molecule has 0 saturated heterocycles. The number of nitrogens with one attached hydrogen (secondary N) is 1. The first-order valence-corrected chi connectivity index (χ1v) is 5.90.